The van der Waals surface area contributed by atoms with Gasteiger partial charge < -0.3 is 0 Å². The fourth-order valence-corrected chi connectivity index (χ4v) is 3.78. The van der Waals surface area contributed by atoms with Crippen LogP contribution in [0.25, 0.3) is 0 Å². The van der Waals surface area contributed by atoms with Gasteiger partial charge in [0.25, 0.3) is 10.0 Å². The summed E-state index contributed by atoms with van der Waals surface area (Å²) in [5, 5.41) is 0.722. The summed E-state index contributed by atoms with van der Waals surface area (Å²) in [6.07, 6.45) is 1.36. The lowest BCUT2D eigenvalue weighted by Crippen LogP contribution is -2.11. The lowest BCUT2D eigenvalue weighted by molar-refractivity contribution is 0.603. The first-order valence-electron chi connectivity index (χ1n) is 4.68. The Morgan fingerprint density at radius 3 is 2.76 bits per heavy atom. The number of aryl methyl sites for hydroxylation is 1. The Morgan fingerprint density at radius 1 is 1.41 bits per heavy atom. The van der Waals surface area contributed by atoms with Crippen molar-refractivity contribution in [1.82, 2.24) is 4.98 Å². The summed E-state index contributed by atoms with van der Waals surface area (Å²) < 4.78 is 27.5. The Bertz CT molecular complexity index is 637. The Kier molecular flexibility index (Phi) is 3.50. The van der Waals surface area contributed by atoms with E-state index in [1.807, 2.05) is 6.07 Å². The Morgan fingerprint density at radius 2 is 2.18 bits per heavy atom. The minimum atomic E-state index is -3.52. The van der Waals surface area contributed by atoms with Crippen molar-refractivity contribution in [3.8, 4) is 0 Å². The van der Waals surface area contributed by atoms with Gasteiger partial charge in [-0.1, -0.05) is 22.0 Å². The van der Waals surface area contributed by atoms with Crippen molar-refractivity contribution >= 4 is 43.0 Å². The third-order valence-electron chi connectivity index (χ3n) is 1.94. The molecule has 0 aliphatic heterocycles. The van der Waals surface area contributed by atoms with E-state index in [0.717, 1.165) is 20.8 Å². The summed E-state index contributed by atoms with van der Waals surface area (Å²) in [6.45, 7) is 1.77. The number of hydrogen-bond acceptors (Lipinski definition) is 4. The van der Waals surface area contributed by atoms with Gasteiger partial charge in [-0.3, -0.25) is 4.72 Å². The topological polar surface area (TPSA) is 59.1 Å². The van der Waals surface area contributed by atoms with Gasteiger partial charge in [-0.05, 0) is 25.1 Å². The molecule has 4 nitrogen and oxygen atoms in total. The zero-order valence-corrected chi connectivity index (χ0v) is 12.1. The molecule has 0 saturated heterocycles. The van der Waals surface area contributed by atoms with Gasteiger partial charge in [-0.2, -0.15) is 0 Å². The maximum absolute atomic E-state index is 12.0. The molecule has 0 unspecified atom stereocenters. The molecule has 0 radical (unpaired) electrons. The summed E-state index contributed by atoms with van der Waals surface area (Å²) in [5.41, 5.74) is 0.519. The fraction of sp³-hybridized carbons (Fsp3) is 0.100. The number of halogens is 1. The molecule has 2 aromatic rings. The molecule has 0 bridgehead atoms. The first kappa shape index (κ1) is 12.5. The second kappa shape index (κ2) is 4.75. The summed E-state index contributed by atoms with van der Waals surface area (Å²) >= 11 is 4.43. The molecule has 1 N–H and O–H groups in total. The third-order valence-corrected chi connectivity index (χ3v) is 5.19. The number of aromatic nitrogens is 1. The molecule has 7 heteroatoms. The standard InChI is InChI=1S/C10H9BrN2O2S2/c1-7-12-6-10(16-7)17(14,15)13-9-4-2-3-8(11)5-9/h2-6,13H,1H3. The van der Waals surface area contributed by atoms with Crippen LogP contribution in [0, 0.1) is 6.92 Å². The summed E-state index contributed by atoms with van der Waals surface area (Å²) in [6, 6.07) is 6.98. The lowest BCUT2D eigenvalue weighted by Gasteiger charge is -2.05. The second-order valence-electron chi connectivity index (χ2n) is 3.31. The lowest BCUT2D eigenvalue weighted by atomic mass is 10.3. The summed E-state index contributed by atoms with van der Waals surface area (Å²) in [5.74, 6) is 0. The molecule has 1 aromatic carbocycles. The number of rotatable bonds is 3. The van der Waals surface area contributed by atoms with Crippen LogP contribution < -0.4 is 4.72 Å². The molecule has 0 aliphatic rings. The van der Waals surface area contributed by atoms with Crippen molar-refractivity contribution in [2.24, 2.45) is 0 Å². The number of thiazole rings is 1. The van der Waals surface area contributed by atoms with Crippen LogP contribution in [0.15, 0.2) is 39.1 Å². The molecule has 0 saturated carbocycles. The van der Waals surface area contributed by atoms with Crippen LogP contribution in [0.1, 0.15) is 5.01 Å². The molecular weight excluding hydrogens is 324 g/mol. The second-order valence-corrected chi connectivity index (χ2v) is 7.37. The largest absolute Gasteiger partial charge is 0.279 e. The number of anilines is 1. The summed E-state index contributed by atoms with van der Waals surface area (Å²) in [4.78, 5) is 3.93. The number of sulfonamides is 1. The van der Waals surface area contributed by atoms with Gasteiger partial charge in [0.05, 0.1) is 11.2 Å². The number of benzene rings is 1. The highest BCUT2D eigenvalue weighted by molar-refractivity contribution is 9.10. The van der Waals surface area contributed by atoms with E-state index in [-0.39, 0.29) is 4.21 Å². The van der Waals surface area contributed by atoms with Crippen LogP contribution >= 0.6 is 27.3 Å². The molecule has 2 rings (SSSR count). The van der Waals surface area contributed by atoms with Crippen molar-refractivity contribution in [1.29, 1.82) is 0 Å². The normalized spacial score (nSPS) is 11.4. The first-order chi connectivity index (χ1) is 7.97. The molecule has 17 heavy (non-hydrogen) atoms. The van der Waals surface area contributed by atoms with Gasteiger partial charge >= 0.3 is 0 Å². The molecule has 1 heterocycles. The zero-order chi connectivity index (χ0) is 12.5. The summed E-state index contributed by atoms with van der Waals surface area (Å²) in [7, 11) is -3.52. The van der Waals surface area contributed by atoms with Gasteiger partial charge in [0.15, 0.2) is 4.21 Å². The van der Waals surface area contributed by atoms with Crippen molar-refractivity contribution in [3.63, 3.8) is 0 Å². The Balaban J connectivity index is 2.29. The number of hydrogen-bond donors (Lipinski definition) is 1. The Labute approximate surface area is 112 Å². The van der Waals surface area contributed by atoms with Crippen molar-refractivity contribution in [2.45, 2.75) is 11.1 Å². The van der Waals surface area contributed by atoms with Gasteiger partial charge in [-0.25, -0.2) is 13.4 Å². The van der Waals surface area contributed by atoms with Gasteiger partial charge in [0.1, 0.15) is 0 Å². The smallest absolute Gasteiger partial charge is 0.273 e. The van der Waals surface area contributed by atoms with Crippen LogP contribution in [-0.4, -0.2) is 13.4 Å². The van der Waals surface area contributed by atoms with Crippen molar-refractivity contribution in [3.05, 3.63) is 39.9 Å². The minimum Gasteiger partial charge on any atom is -0.279 e. The van der Waals surface area contributed by atoms with Gasteiger partial charge in [-0.15, -0.1) is 11.3 Å². The van der Waals surface area contributed by atoms with E-state index in [0.29, 0.717) is 5.69 Å². The fourth-order valence-electron chi connectivity index (χ4n) is 1.22. The van der Waals surface area contributed by atoms with E-state index in [1.165, 1.54) is 6.20 Å². The van der Waals surface area contributed by atoms with Gasteiger partial charge in [0.2, 0.25) is 0 Å². The van der Waals surface area contributed by atoms with E-state index < -0.39 is 10.0 Å². The zero-order valence-electron chi connectivity index (χ0n) is 8.84. The molecule has 0 atom stereocenters. The van der Waals surface area contributed by atoms with Crippen LogP contribution in [-0.2, 0) is 10.0 Å². The van der Waals surface area contributed by atoms with Crippen LogP contribution in [0.5, 0.6) is 0 Å². The predicted molar refractivity (Wildman–Crippen MR) is 71.8 cm³/mol. The average Bonchev–Trinajstić information content (AvgIpc) is 2.65. The highest BCUT2D eigenvalue weighted by atomic mass is 79.9. The number of nitrogens with one attached hydrogen (secondary N) is 1. The third kappa shape index (κ3) is 3.05. The highest BCUT2D eigenvalue weighted by Crippen LogP contribution is 2.22. The average molecular weight is 333 g/mol. The van der Waals surface area contributed by atoms with Crippen molar-refractivity contribution < 1.29 is 8.42 Å². The van der Waals surface area contributed by atoms with Crippen molar-refractivity contribution in [2.75, 3.05) is 4.72 Å². The SMILES string of the molecule is Cc1ncc(S(=O)(=O)Nc2cccc(Br)c2)s1. The van der Waals surface area contributed by atoms with E-state index >= 15 is 0 Å². The quantitative estimate of drug-likeness (QED) is 0.939. The first-order valence-corrected chi connectivity index (χ1v) is 7.77. The van der Waals surface area contributed by atoms with E-state index in [4.69, 9.17) is 0 Å². The van der Waals surface area contributed by atoms with E-state index in [9.17, 15) is 8.42 Å². The highest BCUT2D eigenvalue weighted by Gasteiger charge is 2.17. The van der Waals surface area contributed by atoms with Crippen LogP contribution in [0.2, 0.25) is 0 Å². The molecule has 0 amide bonds. The monoisotopic (exact) mass is 332 g/mol. The molecule has 90 valence electrons. The van der Waals surface area contributed by atoms with E-state index in [2.05, 4.69) is 25.6 Å². The Hall–Kier alpha value is -0.920. The van der Waals surface area contributed by atoms with E-state index in [1.54, 1.807) is 25.1 Å². The van der Waals surface area contributed by atoms with Crippen LogP contribution in [0.4, 0.5) is 5.69 Å². The maximum atomic E-state index is 12.0. The molecular formula is C10H9BrN2O2S2. The maximum Gasteiger partial charge on any atom is 0.273 e. The predicted octanol–water partition coefficient (Wildman–Crippen LogP) is 3.01. The molecule has 0 spiro atoms. The van der Waals surface area contributed by atoms with Crippen LogP contribution in [0.3, 0.4) is 0 Å². The minimum absolute atomic E-state index is 0.218. The van der Waals surface area contributed by atoms with Gasteiger partial charge in [0, 0.05) is 10.2 Å². The molecule has 0 fully saturated rings. The molecule has 0 aliphatic carbocycles. The molecule has 1 aromatic heterocycles. The number of nitrogens with zero attached hydrogens (tertiary/aromatic N) is 1.